The largest absolute Gasteiger partial charge is 0.329 e. The molecule has 0 saturated carbocycles. The number of aryl methyl sites for hydroxylation is 2. The molecule has 34 heavy (non-hydrogen) atoms. The van der Waals surface area contributed by atoms with Crippen molar-refractivity contribution < 1.29 is 14.4 Å². The van der Waals surface area contributed by atoms with Gasteiger partial charge < -0.3 is 16.4 Å². The molecule has 2 aromatic rings. The van der Waals surface area contributed by atoms with Gasteiger partial charge in [0.15, 0.2) is 0 Å². The third kappa shape index (κ3) is 4.33. The molecule has 1 aliphatic carbocycles. The van der Waals surface area contributed by atoms with Crippen LogP contribution in [0.2, 0.25) is 0 Å². The summed E-state index contributed by atoms with van der Waals surface area (Å²) in [6, 6.07) is 12.0. The van der Waals surface area contributed by atoms with Crippen LogP contribution in [0.3, 0.4) is 0 Å². The van der Waals surface area contributed by atoms with E-state index < -0.39 is 5.41 Å². The number of carbonyl (C=O) groups is 3. The van der Waals surface area contributed by atoms with Gasteiger partial charge in [0, 0.05) is 24.5 Å². The molecule has 1 aliphatic heterocycles. The van der Waals surface area contributed by atoms with Crippen molar-refractivity contribution in [2.24, 2.45) is 10.8 Å². The zero-order chi connectivity index (χ0) is 24.3. The second kappa shape index (κ2) is 9.77. The Morgan fingerprint density at radius 1 is 1.06 bits per heavy atom. The first-order chi connectivity index (χ1) is 16.4. The number of hydrazone groups is 1. The van der Waals surface area contributed by atoms with Crippen molar-refractivity contribution in [3.8, 4) is 0 Å². The molecule has 1 heterocycles. The van der Waals surface area contributed by atoms with Crippen LogP contribution in [0, 0.1) is 0 Å². The Kier molecular flexibility index (Phi) is 6.79. The SMILES string of the molecule is C[C@H](N)CCCC1(C2=NN(C)C(=O)C2)c2ccc(NC=O)cc2CCc2cc(NC=O)ccc21. The standard InChI is InChI=1S/C26H31N5O3/c1-17(27)4-3-11-26(24-14-25(34)31(2)30-24)22-9-7-20(28-15-32)12-18(22)5-6-19-13-21(29-16-33)8-10-23(19)26/h7-10,12-13,15-17H,3-6,11,14,27H2,1-2H3,(H,28,32)(H,29,33)/t17-/m0/s1. The van der Waals surface area contributed by atoms with Crippen LogP contribution in [0.5, 0.6) is 0 Å². The molecule has 178 valence electrons. The van der Waals surface area contributed by atoms with Crippen molar-refractivity contribution in [3.05, 3.63) is 58.7 Å². The Balaban J connectivity index is 1.97. The molecular formula is C26H31N5O3. The highest BCUT2D eigenvalue weighted by molar-refractivity contribution is 6.12. The van der Waals surface area contributed by atoms with Crippen LogP contribution in [0.1, 0.15) is 54.9 Å². The molecule has 0 fully saturated rings. The van der Waals surface area contributed by atoms with E-state index in [0.717, 1.165) is 71.4 Å². The quantitative estimate of drug-likeness (QED) is 0.498. The van der Waals surface area contributed by atoms with Crippen molar-refractivity contribution in [2.75, 3.05) is 17.7 Å². The zero-order valence-corrected chi connectivity index (χ0v) is 19.6. The third-order valence-electron chi connectivity index (χ3n) is 6.90. The van der Waals surface area contributed by atoms with Crippen molar-refractivity contribution in [3.63, 3.8) is 0 Å². The maximum Gasteiger partial charge on any atom is 0.248 e. The number of rotatable bonds is 9. The molecule has 0 saturated heterocycles. The van der Waals surface area contributed by atoms with Gasteiger partial charge in [-0.1, -0.05) is 18.6 Å². The number of anilines is 2. The van der Waals surface area contributed by atoms with Crippen molar-refractivity contribution in [2.45, 2.75) is 56.9 Å². The second-order valence-electron chi connectivity index (χ2n) is 9.18. The number of amides is 3. The number of nitrogens with one attached hydrogen (secondary N) is 2. The summed E-state index contributed by atoms with van der Waals surface area (Å²) in [7, 11) is 1.69. The fraction of sp³-hybridized carbons (Fsp3) is 0.385. The van der Waals surface area contributed by atoms with Gasteiger partial charge in [-0.2, -0.15) is 5.10 Å². The summed E-state index contributed by atoms with van der Waals surface area (Å²) in [6.07, 6.45) is 5.56. The van der Waals surface area contributed by atoms with Gasteiger partial charge in [-0.05, 0) is 79.1 Å². The summed E-state index contributed by atoms with van der Waals surface area (Å²) in [5, 5.41) is 11.7. The lowest BCUT2D eigenvalue weighted by Gasteiger charge is -2.37. The lowest BCUT2D eigenvalue weighted by atomic mass is 9.65. The van der Waals surface area contributed by atoms with Gasteiger partial charge in [0.25, 0.3) is 0 Å². The van der Waals surface area contributed by atoms with E-state index >= 15 is 0 Å². The van der Waals surface area contributed by atoms with Gasteiger partial charge in [-0.3, -0.25) is 14.4 Å². The molecule has 0 spiro atoms. The number of carbonyl (C=O) groups excluding carboxylic acids is 3. The van der Waals surface area contributed by atoms with E-state index in [4.69, 9.17) is 10.8 Å². The average molecular weight is 462 g/mol. The van der Waals surface area contributed by atoms with Gasteiger partial charge in [0.2, 0.25) is 18.7 Å². The van der Waals surface area contributed by atoms with Gasteiger partial charge in [0.05, 0.1) is 17.5 Å². The lowest BCUT2D eigenvalue weighted by molar-refractivity contribution is -0.127. The Morgan fingerprint density at radius 2 is 1.62 bits per heavy atom. The Hall–Kier alpha value is -3.52. The monoisotopic (exact) mass is 461 g/mol. The van der Waals surface area contributed by atoms with Crippen LogP contribution in [-0.4, -0.2) is 42.5 Å². The fourth-order valence-corrected chi connectivity index (χ4v) is 5.34. The third-order valence-corrected chi connectivity index (χ3v) is 6.90. The van der Waals surface area contributed by atoms with Crippen LogP contribution in [0.25, 0.3) is 0 Å². The molecule has 0 radical (unpaired) electrons. The van der Waals surface area contributed by atoms with Crippen LogP contribution in [0.15, 0.2) is 41.5 Å². The molecule has 0 aromatic heterocycles. The average Bonchev–Trinajstić information content (AvgIpc) is 3.08. The summed E-state index contributed by atoms with van der Waals surface area (Å²) >= 11 is 0. The predicted octanol–water partition coefficient (Wildman–Crippen LogP) is 2.94. The number of nitrogens with zero attached hydrogens (tertiary/aromatic N) is 2. The molecule has 2 aromatic carbocycles. The van der Waals surface area contributed by atoms with E-state index in [-0.39, 0.29) is 18.4 Å². The van der Waals surface area contributed by atoms with Gasteiger partial charge in [-0.15, -0.1) is 0 Å². The van der Waals surface area contributed by atoms with Crippen LogP contribution < -0.4 is 16.4 Å². The second-order valence-corrected chi connectivity index (χ2v) is 9.18. The maximum absolute atomic E-state index is 12.6. The summed E-state index contributed by atoms with van der Waals surface area (Å²) < 4.78 is 0. The number of benzene rings is 2. The Morgan fingerprint density at radius 3 is 2.06 bits per heavy atom. The zero-order valence-electron chi connectivity index (χ0n) is 19.6. The normalized spacial score (nSPS) is 17.2. The van der Waals surface area contributed by atoms with E-state index in [1.807, 2.05) is 31.2 Å². The summed E-state index contributed by atoms with van der Waals surface area (Å²) in [5.41, 5.74) is 12.2. The minimum absolute atomic E-state index is 0.0348. The Bertz CT molecular complexity index is 1080. The molecule has 8 heteroatoms. The molecule has 1 atom stereocenters. The van der Waals surface area contributed by atoms with Gasteiger partial charge >= 0.3 is 0 Å². The minimum atomic E-state index is -0.615. The van der Waals surface area contributed by atoms with Crippen molar-refractivity contribution >= 4 is 35.8 Å². The molecule has 0 unspecified atom stereocenters. The molecule has 0 bridgehead atoms. The van der Waals surface area contributed by atoms with E-state index in [1.165, 1.54) is 5.01 Å². The minimum Gasteiger partial charge on any atom is -0.329 e. The highest BCUT2D eigenvalue weighted by Crippen LogP contribution is 2.47. The lowest BCUT2D eigenvalue weighted by Crippen LogP contribution is -2.38. The van der Waals surface area contributed by atoms with Gasteiger partial charge in [-0.25, -0.2) is 5.01 Å². The van der Waals surface area contributed by atoms with E-state index in [1.54, 1.807) is 7.05 Å². The molecule has 4 N–H and O–H groups in total. The molecule has 8 nitrogen and oxygen atoms in total. The summed E-state index contributed by atoms with van der Waals surface area (Å²) in [4.78, 5) is 34.8. The van der Waals surface area contributed by atoms with E-state index in [9.17, 15) is 14.4 Å². The number of hydrogen-bond donors (Lipinski definition) is 3. The smallest absolute Gasteiger partial charge is 0.248 e. The van der Waals surface area contributed by atoms with E-state index in [2.05, 4.69) is 22.8 Å². The summed E-state index contributed by atoms with van der Waals surface area (Å²) in [5.74, 6) is -0.0348. The number of hydrogen-bond acceptors (Lipinski definition) is 5. The topological polar surface area (TPSA) is 117 Å². The fourth-order valence-electron chi connectivity index (χ4n) is 5.34. The Labute approximate surface area is 199 Å². The first-order valence-electron chi connectivity index (χ1n) is 11.7. The highest BCUT2D eigenvalue weighted by Gasteiger charge is 2.46. The van der Waals surface area contributed by atoms with E-state index in [0.29, 0.717) is 12.8 Å². The summed E-state index contributed by atoms with van der Waals surface area (Å²) in [6.45, 7) is 2.00. The number of fused-ring (bicyclic) bond motifs is 2. The van der Waals surface area contributed by atoms with Crippen molar-refractivity contribution in [1.82, 2.24) is 5.01 Å². The van der Waals surface area contributed by atoms with Crippen LogP contribution in [0.4, 0.5) is 11.4 Å². The maximum atomic E-state index is 12.6. The number of nitrogens with two attached hydrogens (primary N) is 1. The molecular weight excluding hydrogens is 430 g/mol. The predicted molar refractivity (Wildman–Crippen MR) is 133 cm³/mol. The van der Waals surface area contributed by atoms with Crippen molar-refractivity contribution in [1.29, 1.82) is 0 Å². The van der Waals surface area contributed by atoms with Crippen LogP contribution in [-0.2, 0) is 32.6 Å². The first-order valence-corrected chi connectivity index (χ1v) is 11.7. The van der Waals surface area contributed by atoms with Gasteiger partial charge in [0.1, 0.15) is 0 Å². The molecule has 2 aliphatic rings. The molecule has 3 amide bonds. The molecule has 4 rings (SSSR count). The first kappa shape index (κ1) is 23.6. The highest BCUT2D eigenvalue weighted by atomic mass is 16.2. The van der Waals surface area contributed by atoms with Crippen LogP contribution >= 0.6 is 0 Å².